The molecule has 18 heavy (non-hydrogen) atoms. The molecule has 3 N–H and O–H groups in total. The summed E-state index contributed by atoms with van der Waals surface area (Å²) in [5.41, 5.74) is 6.51. The predicted molar refractivity (Wildman–Crippen MR) is 68.6 cm³/mol. The molecule has 0 saturated heterocycles. The van der Waals surface area contributed by atoms with Gasteiger partial charge in [0.2, 0.25) is 0 Å². The maximum atomic E-state index is 8.62. The SMILES string of the molecule is CN(CCOCCO)c1nc(N)cn2ccnc12. The third kappa shape index (κ3) is 2.69. The first-order chi connectivity index (χ1) is 8.72. The molecule has 0 aliphatic heterocycles. The van der Waals surface area contributed by atoms with Crippen LogP contribution in [0.1, 0.15) is 0 Å². The van der Waals surface area contributed by atoms with Crippen molar-refractivity contribution in [1.29, 1.82) is 0 Å². The smallest absolute Gasteiger partial charge is 0.180 e. The molecule has 0 unspecified atom stereocenters. The lowest BCUT2D eigenvalue weighted by Gasteiger charge is -2.18. The summed E-state index contributed by atoms with van der Waals surface area (Å²) in [6.45, 7) is 1.54. The van der Waals surface area contributed by atoms with E-state index in [2.05, 4.69) is 9.97 Å². The van der Waals surface area contributed by atoms with Gasteiger partial charge >= 0.3 is 0 Å². The van der Waals surface area contributed by atoms with E-state index < -0.39 is 0 Å². The molecule has 0 aliphatic rings. The Balaban J connectivity index is 2.11. The molecular weight excluding hydrogens is 234 g/mol. The molecule has 0 bridgehead atoms. The fraction of sp³-hybridized carbons (Fsp3) is 0.455. The lowest BCUT2D eigenvalue weighted by Crippen LogP contribution is -2.25. The maximum absolute atomic E-state index is 8.62. The monoisotopic (exact) mass is 251 g/mol. The molecule has 0 amide bonds. The fourth-order valence-corrected chi connectivity index (χ4v) is 1.66. The molecule has 0 spiro atoms. The summed E-state index contributed by atoms with van der Waals surface area (Å²) in [4.78, 5) is 10.5. The minimum absolute atomic E-state index is 0.0325. The molecular formula is C11H17N5O2. The van der Waals surface area contributed by atoms with Gasteiger partial charge < -0.3 is 24.9 Å². The van der Waals surface area contributed by atoms with Gasteiger partial charge in [0.1, 0.15) is 5.82 Å². The highest BCUT2D eigenvalue weighted by molar-refractivity contribution is 5.65. The summed E-state index contributed by atoms with van der Waals surface area (Å²) in [6, 6.07) is 0. The van der Waals surface area contributed by atoms with E-state index in [-0.39, 0.29) is 6.61 Å². The standard InChI is InChI=1S/C11H17N5O2/c1-15(4-6-18-7-5-17)11-10-13-2-3-16(10)8-9(12)14-11/h2-3,8,17H,4-7,12H2,1H3. The Bertz CT molecular complexity index is 513. The number of anilines is 2. The lowest BCUT2D eigenvalue weighted by molar-refractivity contribution is 0.0971. The minimum Gasteiger partial charge on any atom is -0.394 e. The summed E-state index contributed by atoms with van der Waals surface area (Å²) in [7, 11) is 1.90. The number of rotatable bonds is 6. The number of aliphatic hydroxyl groups excluding tert-OH is 1. The quantitative estimate of drug-likeness (QED) is 0.689. The van der Waals surface area contributed by atoms with Crippen LogP contribution in [0.4, 0.5) is 11.6 Å². The summed E-state index contributed by atoms with van der Waals surface area (Å²) in [5.74, 6) is 1.16. The van der Waals surface area contributed by atoms with Crippen molar-refractivity contribution in [2.75, 3.05) is 44.0 Å². The van der Waals surface area contributed by atoms with Crippen LogP contribution in [0, 0.1) is 0 Å². The van der Waals surface area contributed by atoms with Crippen LogP contribution >= 0.6 is 0 Å². The zero-order valence-electron chi connectivity index (χ0n) is 10.3. The van der Waals surface area contributed by atoms with Crippen molar-refractivity contribution < 1.29 is 9.84 Å². The highest BCUT2D eigenvalue weighted by Gasteiger charge is 2.10. The Kier molecular flexibility index (Phi) is 3.96. The molecule has 2 rings (SSSR count). The normalized spacial score (nSPS) is 11.0. The largest absolute Gasteiger partial charge is 0.394 e. The first-order valence-corrected chi connectivity index (χ1v) is 5.71. The fourth-order valence-electron chi connectivity index (χ4n) is 1.66. The minimum atomic E-state index is 0.0325. The number of hydrogen-bond acceptors (Lipinski definition) is 6. The van der Waals surface area contributed by atoms with Crippen LogP contribution in [0.2, 0.25) is 0 Å². The van der Waals surface area contributed by atoms with Gasteiger partial charge in [-0.2, -0.15) is 0 Å². The van der Waals surface area contributed by atoms with Gasteiger partial charge in [0.15, 0.2) is 11.5 Å². The van der Waals surface area contributed by atoms with E-state index in [0.717, 1.165) is 5.65 Å². The molecule has 0 aliphatic carbocycles. The maximum Gasteiger partial charge on any atom is 0.180 e. The van der Waals surface area contributed by atoms with Crippen molar-refractivity contribution in [1.82, 2.24) is 14.4 Å². The zero-order chi connectivity index (χ0) is 13.0. The van der Waals surface area contributed by atoms with E-state index in [1.54, 1.807) is 12.4 Å². The van der Waals surface area contributed by atoms with Crippen LogP contribution in [0.5, 0.6) is 0 Å². The van der Waals surface area contributed by atoms with Crippen LogP contribution in [-0.4, -0.2) is 52.9 Å². The molecule has 0 atom stereocenters. The van der Waals surface area contributed by atoms with E-state index in [4.69, 9.17) is 15.6 Å². The number of imidazole rings is 1. The van der Waals surface area contributed by atoms with E-state index in [1.165, 1.54) is 0 Å². The second-order valence-corrected chi connectivity index (χ2v) is 3.91. The molecule has 0 fully saturated rings. The van der Waals surface area contributed by atoms with Gasteiger partial charge in [-0.1, -0.05) is 0 Å². The van der Waals surface area contributed by atoms with Crippen molar-refractivity contribution in [3.05, 3.63) is 18.6 Å². The molecule has 2 heterocycles. The second-order valence-electron chi connectivity index (χ2n) is 3.91. The van der Waals surface area contributed by atoms with Crippen molar-refractivity contribution in [3.8, 4) is 0 Å². The van der Waals surface area contributed by atoms with Gasteiger partial charge in [-0.05, 0) is 0 Å². The third-order valence-electron chi connectivity index (χ3n) is 2.54. The first kappa shape index (κ1) is 12.6. The predicted octanol–water partition coefficient (Wildman–Crippen LogP) is -0.243. The van der Waals surface area contributed by atoms with Crippen LogP contribution in [0.15, 0.2) is 18.6 Å². The van der Waals surface area contributed by atoms with E-state index >= 15 is 0 Å². The van der Waals surface area contributed by atoms with Crippen LogP contribution in [-0.2, 0) is 4.74 Å². The average molecular weight is 251 g/mol. The number of nitrogen functional groups attached to an aromatic ring is 1. The Morgan fingerprint density at radius 3 is 3.11 bits per heavy atom. The number of likely N-dealkylation sites (N-methyl/N-ethyl adjacent to an activating group) is 1. The van der Waals surface area contributed by atoms with Crippen LogP contribution < -0.4 is 10.6 Å². The number of nitrogens with zero attached hydrogens (tertiary/aromatic N) is 4. The van der Waals surface area contributed by atoms with Crippen LogP contribution in [0.3, 0.4) is 0 Å². The first-order valence-electron chi connectivity index (χ1n) is 5.71. The van der Waals surface area contributed by atoms with Gasteiger partial charge in [0.25, 0.3) is 0 Å². The number of aliphatic hydroxyl groups is 1. The highest BCUT2D eigenvalue weighted by Crippen LogP contribution is 2.17. The second kappa shape index (κ2) is 5.65. The molecule has 2 aromatic rings. The van der Waals surface area contributed by atoms with Gasteiger partial charge in [-0.3, -0.25) is 0 Å². The highest BCUT2D eigenvalue weighted by atomic mass is 16.5. The number of aromatic nitrogens is 3. The molecule has 2 aromatic heterocycles. The topological polar surface area (TPSA) is 88.9 Å². The van der Waals surface area contributed by atoms with E-state index in [9.17, 15) is 0 Å². The molecule has 7 heteroatoms. The van der Waals surface area contributed by atoms with Gasteiger partial charge in [0.05, 0.1) is 26.0 Å². The van der Waals surface area contributed by atoms with E-state index in [0.29, 0.717) is 31.4 Å². The van der Waals surface area contributed by atoms with Crippen LogP contribution in [0.25, 0.3) is 5.65 Å². The number of hydrogen-bond donors (Lipinski definition) is 2. The molecule has 0 aromatic carbocycles. The lowest BCUT2D eigenvalue weighted by atomic mass is 10.5. The van der Waals surface area contributed by atoms with E-state index in [1.807, 2.05) is 22.5 Å². The number of fused-ring (bicyclic) bond motifs is 1. The average Bonchev–Trinajstić information content (AvgIpc) is 2.81. The van der Waals surface area contributed by atoms with Crippen molar-refractivity contribution in [2.45, 2.75) is 0 Å². The Labute approximate surface area is 105 Å². The summed E-state index contributed by atoms with van der Waals surface area (Å²) >= 11 is 0. The third-order valence-corrected chi connectivity index (χ3v) is 2.54. The molecule has 98 valence electrons. The van der Waals surface area contributed by atoms with Gasteiger partial charge in [-0.25, -0.2) is 9.97 Å². The molecule has 0 radical (unpaired) electrons. The Morgan fingerprint density at radius 1 is 1.50 bits per heavy atom. The van der Waals surface area contributed by atoms with Crippen molar-refractivity contribution in [3.63, 3.8) is 0 Å². The van der Waals surface area contributed by atoms with Gasteiger partial charge in [0, 0.05) is 26.0 Å². The van der Waals surface area contributed by atoms with Crippen molar-refractivity contribution in [2.24, 2.45) is 0 Å². The number of ether oxygens (including phenoxy) is 1. The Hall–Kier alpha value is -1.86. The molecule has 7 nitrogen and oxygen atoms in total. The van der Waals surface area contributed by atoms with Gasteiger partial charge in [-0.15, -0.1) is 0 Å². The summed E-state index contributed by atoms with van der Waals surface area (Å²) < 4.78 is 7.06. The summed E-state index contributed by atoms with van der Waals surface area (Å²) in [6.07, 6.45) is 5.25. The molecule has 0 saturated carbocycles. The summed E-state index contributed by atoms with van der Waals surface area (Å²) in [5, 5.41) is 8.62. The number of nitrogens with two attached hydrogens (primary N) is 1. The Morgan fingerprint density at radius 2 is 2.33 bits per heavy atom. The van der Waals surface area contributed by atoms with Crippen molar-refractivity contribution >= 4 is 17.3 Å². The zero-order valence-corrected chi connectivity index (χ0v) is 10.3.